The van der Waals surface area contributed by atoms with Crippen LogP contribution in [0.5, 0.6) is 0 Å². The van der Waals surface area contributed by atoms with Crippen molar-refractivity contribution >= 4 is 0 Å². The van der Waals surface area contributed by atoms with Crippen LogP contribution in [0.25, 0.3) is 0 Å². The maximum absolute atomic E-state index is 3.74. The quantitative estimate of drug-likeness (QED) is 0.589. The Kier molecular flexibility index (Phi) is 2.57. The van der Waals surface area contributed by atoms with Gasteiger partial charge in [-0.2, -0.15) is 0 Å². The predicted molar refractivity (Wildman–Crippen MR) is 62.8 cm³/mol. The molecule has 3 fully saturated rings. The van der Waals surface area contributed by atoms with E-state index < -0.39 is 0 Å². The molecule has 0 aromatic heterocycles. The van der Waals surface area contributed by atoms with E-state index in [0.717, 1.165) is 23.9 Å². The summed E-state index contributed by atoms with van der Waals surface area (Å²) in [6.45, 7) is 4.68. The highest BCUT2D eigenvalue weighted by Crippen LogP contribution is 2.44. The molecule has 1 saturated carbocycles. The van der Waals surface area contributed by atoms with Crippen LogP contribution in [0.2, 0.25) is 0 Å². The second kappa shape index (κ2) is 3.91. The molecule has 2 N–H and O–H groups in total. The normalized spacial score (nSPS) is 44.7. The molecule has 0 amide bonds. The van der Waals surface area contributed by atoms with Crippen molar-refractivity contribution in [3.05, 3.63) is 11.6 Å². The number of allylic oxidation sites excluding steroid dienone is 1. The summed E-state index contributed by atoms with van der Waals surface area (Å²) in [6.07, 6.45) is 7.94. The first-order valence-electron chi connectivity index (χ1n) is 6.54. The summed E-state index contributed by atoms with van der Waals surface area (Å²) in [6, 6.07) is 1.46. The molecule has 0 aromatic carbocycles. The highest BCUT2D eigenvalue weighted by molar-refractivity contribution is 5.26. The molecule has 2 aliphatic heterocycles. The SMILES string of the molecule is CC=C1C2CCCNC2C2NCCCC12. The van der Waals surface area contributed by atoms with Crippen molar-refractivity contribution in [1.29, 1.82) is 0 Å². The summed E-state index contributed by atoms with van der Waals surface area (Å²) in [5.74, 6) is 1.67. The Balaban J connectivity index is 1.90. The van der Waals surface area contributed by atoms with Gasteiger partial charge in [-0.05, 0) is 57.5 Å². The lowest BCUT2D eigenvalue weighted by Crippen LogP contribution is -2.53. The van der Waals surface area contributed by atoms with Gasteiger partial charge in [0.15, 0.2) is 0 Å². The molecule has 15 heavy (non-hydrogen) atoms. The fourth-order valence-electron chi connectivity index (χ4n) is 4.03. The van der Waals surface area contributed by atoms with E-state index in [0.29, 0.717) is 0 Å². The first-order valence-corrected chi connectivity index (χ1v) is 6.54. The molecule has 4 unspecified atom stereocenters. The lowest BCUT2D eigenvalue weighted by molar-refractivity contribution is 0.260. The number of rotatable bonds is 0. The van der Waals surface area contributed by atoms with E-state index in [2.05, 4.69) is 23.6 Å². The fraction of sp³-hybridized carbons (Fsp3) is 0.846. The second-order valence-electron chi connectivity index (χ2n) is 5.25. The average Bonchev–Trinajstić information content (AvgIpc) is 2.63. The first kappa shape index (κ1) is 9.86. The van der Waals surface area contributed by atoms with E-state index in [4.69, 9.17) is 0 Å². The topological polar surface area (TPSA) is 24.1 Å². The maximum atomic E-state index is 3.74. The fourth-order valence-corrected chi connectivity index (χ4v) is 4.03. The summed E-state index contributed by atoms with van der Waals surface area (Å²) in [5, 5.41) is 7.48. The Morgan fingerprint density at radius 3 is 2.00 bits per heavy atom. The lowest BCUT2D eigenvalue weighted by Gasteiger charge is -2.33. The molecule has 3 rings (SSSR count). The van der Waals surface area contributed by atoms with Crippen molar-refractivity contribution in [2.24, 2.45) is 11.8 Å². The average molecular weight is 206 g/mol. The van der Waals surface area contributed by atoms with Crippen molar-refractivity contribution in [1.82, 2.24) is 10.6 Å². The van der Waals surface area contributed by atoms with Crippen molar-refractivity contribution < 1.29 is 0 Å². The summed E-state index contributed by atoms with van der Waals surface area (Å²) in [4.78, 5) is 0. The molecule has 2 nitrogen and oxygen atoms in total. The minimum atomic E-state index is 0.732. The predicted octanol–water partition coefficient (Wildman–Crippen LogP) is 1.68. The van der Waals surface area contributed by atoms with Crippen molar-refractivity contribution in [3.8, 4) is 0 Å². The molecule has 0 radical (unpaired) electrons. The van der Waals surface area contributed by atoms with Gasteiger partial charge in [0, 0.05) is 12.1 Å². The standard InChI is InChI=1S/C13H22N2/c1-2-9-10-5-3-7-14-12(10)13-11(9)6-4-8-15-13/h2,10-15H,3-8H2,1H3. The first-order chi connectivity index (χ1) is 7.42. The van der Waals surface area contributed by atoms with E-state index in [9.17, 15) is 0 Å². The highest BCUT2D eigenvalue weighted by Gasteiger charge is 2.47. The van der Waals surface area contributed by atoms with Crippen LogP contribution >= 0.6 is 0 Å². The van der Waals surface area contributed by atoms with E-state index >= 15 is 0 Å². The third-order valence-electron chi connectivity index (χ3n) is 4.59. The number of hydrogen-bond acceptors (Lipinski definition) is 2. The molecule has 2 saturated heterocycles. The van der Waals surface area contributed by atoms with Gasteiger partial charge in [0.1, 0.15) is 0 Å². The Labute approximate surface area is 92.5 Å². The molecule has 0 aromatic rings. The number of hydrogen-bond donors (Lipinski definition) is 2. The molecular weight excluding hydrogens is 184 g/mol. The van der Waals surface area contributed by atoms with Crippen LogP contribution in [0.15, 0.2) is 11.6 Å². The van der Waals surface area contributed by atoms with Gasteiger partial charge >= 0.3 is 0 Å². The molecule has 1 aliphatic carbocycles. The van der Waals surface area contributed by atoms with E-state index in [1.807, 2.05) is 0 Å². The molecule has 84 valence electrons. The van der Waals surface area contributed by atoms with Crippen molar-refractivity contribution in [2.75, 3.05) is 13.1 Å². The largest absolute Gasteiger partial charge is 0.312 e. The Morgan fingerprint density at radius 2 is 1.53 bits per heavy atom. The smallest absolute Gasteiger partial charge is 0.0292 e. The van der Waals surface area contributed by atoms with Crippen LogP contribution in [-0.4, -0.2) is 25.2 Å². The molecule has 2 heterocycles. The van der Waals surface area contributed by atoms with Crippen LogP contribution in [0, 0.1) is 11.8 Å². The van der Waals surface area contributed by atoms with E-state index in [1.165, 1.54) is 38.8 Å². The van der Waals surface area contributed by atoms with E-state index in [1.54, 1.807) is 5.57 Å². The van der Waals surface area contributed by atoms with Gasteiger partial charge in [-0.3, -0.25) is 0 Å². The maximum Gasteiger partial charge on any atom is 0.0292 e. The van der Waals surface area contributed by atoms with Gasteiger partial charge in [0.05, 0.1) is 0 Å². The summed E-state index contributed by atoms with van der Waals surface area (Å²) >= 11 is 0. The van der Waals surface area contributed by atoms with E-state index in [-0.39, 0.29) is 0 Å². The van der Waals surface area contributed by atoms with Crippen LogP contribution in [0.1, 0.15) is 32.6 Å². The van der Waals surface area contributed by atoms with Crippen LogP contribution < -0.4 is 10.6 Å². The highest BCUT2D eigenvalue weighted by atomic mass is 15.1. The summed E-state index contributed by atoms with van der Waals surface area (Å²) in [7, 11) is 0. The number of piperidine rings is 2. The van der Waals surface area contributed by atoms with Gasteiger partial charge in [0.25, 0.3) is 0 Å². The minimum Gasteiger partial charge on any atom is -0.312 e. The van der Waals surface area contributed by atoms with Crippen LogP contribution in [-0.2, 0) is 0 Å². The molecular formula is C13H22N2. The monoisotopic (exact) mass is 206 g/mol. The van der Waals surface area contributed by atoms with Gasteiger partial charge in [0.2, 0.25) is 0 Å². The molecule has 4 atom stereocenters. The zero-order valence-corrected chi connectivity index (χ0v) is 9.63. The third-order valence-corrected chi connectivity index (χ3v) is 4.59. The van der Waals surface area contributed by atoms with Gasteiger partial charge < -0.3 is 10.6 Å². The minimum absolute atomic E-state index is 0.732. The van der Waals surface area contributed by atoms with Crippen molar-refractivity contribution in [3.63, 3.8) is 0 Å². The number of nitrogens with one attached hydrogen (secondary N) is 2. The number of fused-ring (bicyclic) bond motifs is 3. The Morgan fingerprint density at radius 1 is 1.00 bits per heavy atom. The molecule has 0 spiro atoms. The zero-order valence-electron chi connectivity index (χ0n) is 9.63. The molecule has 2 heteroatoms. The van der Waals surface area contributed by atoms with Crippen LogP contribution in [0.4, 0.5) is 0 Å². The van der Waals surface area contributed by atoms with Gasteiger partial charge in [-0.1, -0.05) is 11.6 Å². The summed E-state index contributed by atoms with van der Waals surface area (Å²) < 4.78 is 0. The van der Waals surface area contributed by atoms with Crippen LogP contribution in [0.3, 0.4) is 0 Å². The van der Waals surface area contributed by atoms with Gasteiger partial charge in [-0.15, -0.1) is 0 Å². The zero-order chi connectivity index (χ0) is 10.3. The third kappa shape index (κ3) is 1.46. The summed E-state index contributed by atoms with van der Waals surface area (Å²) in [5.41, 5.74) is 1.75. The second-order valence-corrected chi connectivity index (χ2v) is 5.25. The Hall–Kier alpha value is -0.340. The van der Waals surface area contributed by atoms with Gasteiger partial charge in [-0.25, -0.2) is 0 Å². The Bertz CT molecular complexity index is 248. The van der Waals surface area contributed by atoms with Crippen molar-refractivity contribution in [2.45, 2.75) is 44.7 Å². The lowest BCUT2D eigenvalue weighted by atomic mass is 9.88. The molecule has 3 aliphatic rings. The molecule has 0 bridgehead atoms.